The highest BCUT2D eigenvalue weighted by atomic mass is 79.9. The molecule has 0 aromatic heterocycles. The molecule has 0 amide bonds. The fraction of sp³-hybridized carbons (Fsp3) is 1.00. The lowest BCUT2D eigenvalue weighted by atomic mass is 10.1. The number of hydrogen-bond acceptors (Lipinski definition) is 2. The van der Waals surface area contributed by atoms with Crippen LogP contribution in [0.25, 0.3) is 0 Å². The van der Waals surface area contributed by atoms with Crippen molar-refractivity contribution < 1.29 is 23.0 Å². The molecule has 0 aromatic carbocycles. The summed E-state index contributed by atoms with van der Waals surface area (Å²) in [5.74, 6) is -3.02. The Kier molecular flexibility index (Phi) is 1.55. The van der Waals surface area contributed by atoms with Crippen LogP contribution in [-0.4, -0.2) is 28.0 Å². The van der Waals surface area contributed by atoms with Gasteiger partial charge in [0.25, 0.3) is 5.79 Å². The van der Waals surface area contributed by atoms with E-state index in [-0.39, 0.29) is 13.0 Å². The van der Waals surface area contributed by atoms with Gasteiger partial charge in [0.2, 0.25) is 0 Å². The zero-order valence-corrected chi connectivity index (χ0v) is 8.37. The molecule has 3 atom stereocenters. The summed E-state index contributed by atoms with van der Waals surface area (Å²) in [7, 11) is 0. The number of fused-ring (bicyclic) bond motifs is 1. The third-order valence-corrected chi connectivity index (χ3v) is 4.76. The van der Waals surface area contributed by atoms with E-state index in [4.69, 9.17) is 0 Å². The van der Waals surface area contributed by atoms with E-state index in [2.05, 4.69) is 20.7 Å². The Hall–Kier alpha value is 0.190. The first-order valence-electron chi connectivity index (χ1n) is 3.78. The van der Waals surface area contributed by atoms with Crippen LogP contribution >= 0.6 is 15.9 Å². The van der Waals surface area contributed by atoms with E-state index in [1.165, 1.54) is 0 Å². The summed E-state index contributed by atoms with van der Waals surface area (Å²) >= 11 is 2.94. The van der Waals surface area contributed by atoms with E-state index in [0.717, 1.165) is 0 Å². The van der Waals surface area contributed by atoms with Gasteiger partial charge >= 0.3 is 6.18 Å². The smallest absolute Gasteiger partial charge is 0.357 e. The van der Waals surface area contributed by atoms with E-state index in [1.807, 2.05) is 0 Å². The molecule has 1 aliphatic carbocycles. The average molecular weight is 261 g/mol. The van der Waals surface area contributed by atoms with Crippen LogP contribution in [0.1, 0.15) is 13.3 Å². The van der Waals surface area contributed by atoms with Gasteiger partial charge in [-0.2, -0.15) is 13.2 Å². The van der Waals surface area contributed by atoms with Gasteiger partial charge in [-0.05, 0) is 6.42 Å². The molecule has 2 fully saturated rings. The summed E-state index contributed by atoms with van der Waals surface area (Å²) in [6.07, 6.45) is -4.46. The van der Waals surface area contributed by atoms with Crippen LogP contribution < -0.4 is 0 Å². The first-order valence-corrected chi connectivity index (χ1v) is 4.58. The van der Waals surface area contributed by atoms with Crippen LogP contribution in [0.3, 0.4) is 0 Å². The first-order chi connectivity index (χ1) is 5.66. The van der Waals surface area contributed by atoms with Gasteiger partial charge in [0, 0.05) is 5.41 Å². The minimum absolute atomic E-state index is 0.0613. The Bertz CT molecular complexity index is 265. The van der Waals surface area contributed by atoms with Crippen molar-refractivity contribution >= 4 is 15.9 Å². The number of halogens is 4. The van der Waals surface area contributed by atoms with Crippen molar-refractivity contribution in [3.05, 3.63) is 0 Å². The quantitative estimate of drug-likeness (QED) is 0.674. The molecule has 1 aliphatic heterocycles. The van der Waals surface area contributed by atoms with Gasteiger partial charge in [0.05, 0.1) is 10.9 Å². The Morgan fingerprint density at radius 1 is 1.46 bits per heavy atom. The molecular formula is C7H8BrF3O2. The zero-order chi connectivity index (χ0) is 10.1. The molecule has 0 radical (unpaired) electrons. The van der Waals surface area contributed by atoms with Crippen LogP contribution in [0.2, 0.25) is 0 Å². The summed E-state index contributed by atoms with van der Waals surface area (Å²) < 4.78 is 40.4. The van der Waals surface area contributed by atoms with Crippen molar-refractivity contribution in [3.63, 3.8) is 0 Å². The van der Waals surface area contributed by atoms with Gasteiger partial charge in [0.1, 0.15) is 0 Å². The molecule has 0 unspecified atom stereocenters. The SMILES string of the molecule is C[C@]12CO[C@@](O)(C(F)(F)F)[C@@]1(Br)C2. The van der Waals surface area contributed by atoms with Crippen LogP contribution in [0.5, 0.6) is 0 Å². The largest absolute Gasteiger partial charge is 0.444 e. The highest BCUT2D eigenvalue weighted by Crippen LogP contribution is 2.74. The minimum atomic E-state index is -4.75. The van der Waals surface area contributed by atoms with Gasteiger partial charge in [-0.25, -0.2) is 0 Å². The van der Waals surface area contributed by atoms with Crippen molar-refractivity contribution in [2.24, 2.45) is 5.41 Å². The van der Waals surface area contributed by atoms with Crippen molar-refractivity contribution in [1.82, 2.24) is 0 Å². The minimum Gasteiger partial charge on any atom is -0.357 e. The molecule has 13 heavy (non-hydrogen) atoms. The summed E-state index contributed by atoms with van der Waals surface area (Å²) in [4.78, 5) is 0. The van der Waals surface area contributed by atoms with Crippen LogP contribution in [0, 0.1) is 5.41 Å². The van der Waals surface area contributed by atoms with E-state index in [1.54, 1.807) is 6.92 Å². The molecular weight excluding hydrogens is 253 g/mol. The molecule has 1 N–H and O–H groups in total. The van der Waals surface area contributed by atoms with E-state index >= 15 is 0 Å². The number of rotatable bonds is 0. The lowest BCUT2D eigenvalue weighted by Crippen LogP contribution is -2.53. The number of ether oxygens (including phenoxy) is 1. The predicted molar refractivity (Wildman–Crippen MR) is 41.3 cm³/mol. The Labute approximate surface area is 81.2 Å². The molecule has 2 rings (SSSR count). The Morgan fingerprint density at radius 2 is 2.00 bits per heavy atom. The second-order valence-electron chi connectivity index (χ2n) is 3.97. The van der Waals surface area contributed by atoms with Gasteiger partial charge in [-0.15, -0.1) is 0 Å². The van der Waals surface area contributed by atoms with Crippen molar-refractivity contribution in [2.45, 2.75) is 29.6 Å². The molecule has 2 aliphatic rings. The molecule has 76 valence electrons. The van der Waals surface area contributed by atoms with Gasteiger partial charge in [0.15, 0.2) is 0 Å². The van der Waals surface area contributed by atoms with E-state index in [9.17, 15) is 18.3 Å². The van der Waals surface area contributed by atoms with Crippen LogP contribution in [0.4, 0.5) is 13.2 Å². The lowest BCUT2D eigenvalue weighted by molar-refractivity contribution is -0.355. The Balaban J connectivity index is 2.38. The fourth-order valence-corrected chi connectivity index (χ4v) is 2.94. The van der Waals surface area contributed by atoms with Gasteiger partial charge < -0.3 is 9.84 Å². The molecule has 1 saturated heterocycles. The lowest BCUT2D eigenvalue weighted by Gasteiger charge is -2.30. The third kappa shape index (κ3) is 0.868. The summed E-state index contributed by atoms with van der Waals surface area (Å²) in [6.45, 7) is 1.60. The summed E-state index contributed by atoms with van der Waals surface area (Å²) in [5, 5.41) is 9.37. The Morgan fingerprint density at radius 3 is 2.15 bits per heavy atom. The highest BCUT2D eigenvalue weighted by Gasteiger charge is 2.86. The third-order valence-electron chi connectivity index (χ3n) is 2.99. The molecule has 0 spiro atoms. The van der Waals surface area contributed by atoms with E-state index in [0.29, 0.717) is 0 Å². The van der Waals surface area contributed by atoms with Crippen molar-refractivity contribution in [3.8, 4) is 0 Å². The number of aliphatic hydroxyl groups is 1. The molecule has 0 aromatic rings. The number of alkyl halides is 4. The van der Waals surface area contributed by atoms with Gasteiger partial charge in [-0.1, -0.05) is 22.9 Å². The highest BCUT2D eigenvalue weighted by molar-refractivity contribution is 9.10. The molecule has 1 heterocycles. The number of hydrogen-bond donors (Lipinski definition) is 1. The van der Waals surface area contributed by atoms with Crippen molar-refractivity contribution in [2.75, 3.05) is 6.61 Å². The monoisotopic (exact) mass is 260 g/mol. The maximum atomic E-state index is 12.4. The van der Waals surface area contributed by atoms with Crippen LogP contribution in [-0.2, 0) is 4.74 Å². The van der Waals surface area contributed by atoms with Gasteiger partial charge in [-0.3, -0.25) is 0 Å². The normalized spacial score (nSPS) is 54.9. The van der Waals surface area contributed by atoms with E-state index < -0.39 is 21.7 Å². The second kappa shape index (κ2) is 2.06. The topological polar surface area (TPSA) is 29.5 Å². The summed E-state index contributed by atoms with van der Waals surface area (Å²) in [6, 6.07) is 0. The standard InChI is InChI=1S/C7H8BrF3O2/c1-4-2-5(4,8)6(12,13-3-4)7(9,10)11/h12H,2-3H2,1H3/t4-,5+,6+/m0/s1. The first kappa shape index (κ1) is 9.73. The maximum absolute atomic E-state index is 12.4. The molecule has 2 nitrogen and oxygen atoms in total. The zero-order valence-electron chi connectivity index (χ0n) is 6.78. The molecule has 1 saturated carbocycles. The summed E-state index contributed by atoms with van der Waals surface area (Å²) in [5.41, 5.74) is -0.586. The molecule has 0 bridgehead atoms. The maximum Gasteiger partial charge on any atom is 0.444 e. The molecule has 6 heteroatoms. The predicted octanol–water partition coefficient (Wildman–Crippen LogP) is 1.81. The van der Waals surface area contributed by atoms with Crippen molar-refractivity contribution in [1.29, 1.82) is 0 Å². The van der Waals surface area contributed by atoms with Crippen LogP contribution in [0.15, 0.2) is 0 Å². The average Bonchev–Trinajstić information content (AvgIpc) is 2.43. The fourth-order valence-electron chi connectivity index (χ4n) is 1.87. The second-order valence-corrected chi connectivity index (χ2v) is 5.32.